The molecule has 3 aromatic rings. The Kier molecular flexibility index (Phi) is 3.43. The molecule has 0 spiro atoms. The Labute approximate surface area is 151 Å². The maximum Gasteiger partial charge on any atom is 0.340 e. The predicted molar refractivity (Wildman–Crippen MR) is 99.0 cm³/mol. The number of rotatable bonds is 2. The lowest BCUT2D eigenvalue weighted by atomic mass is 10.1. The number of nitrogens with zero attached hydrogens (tertiary/aromatic N) is 3. The Balaban J connectivity index is 1.69. The molecule has 3 aromatic carbocycles. The van der Waals surface area contributed by atoms with E-state index in [2.05, 4.69) is 5.01 Å². The molecule has 0 N–H and O–H groups in total. The maximum atomic E-state index is 13.4. The summed E-state index contributed by atoms with van der Waals surface area (Å²) in [6.07, 6.45) is 0.698. The van der Waals surface area contributed by atoms with Gasteiger partial charge in [0.15, 0.2) is 0 Å². The molecule has 0 saturated carbocycles. The highest BCUT2D eigenvalue weighted by Gasteiger charge is 2.48. The van der Waals surface area contributed by atoms with Crippen molar-refractivity contribution in [2.75, 3.05) is 18.0 Å². The Morgan fingerprint density at radius 2 is 1.65 bits per heavy atom. The molecule has 130 valence electrons. The van der Waals surface area contributed by atoms with Crippen LogP contribution in [-0.2, 0) is 0 Å². The SMILES string of the molecule is O=C1N(c2cccc3ccccc23)[C@@H](c2ccc(F)cc2)N2CCCN12. The topological polar surface area (TPSA) is 26.8 Å². The van der Waals surface area contributed by atoms with Gasteiger partial charge in [0.25, 0.3) is 0 Å². The second-order valence-electron chi connectivity index (χ2n) is 6.72. The van der Waals surface area contributed by atoms with E-state index in [1.807, 2.05) is 52.4 Å². The Bertz CT molecular complexity index is 983. The van der Waals surface area contributed by atoms with E-state index in [1.54, 1.807) is 12.1 Å². The van der Waals surface area contributed by atoms with Crippen LogP contribution in [0.5, 0.6) is 0 Å². The van der Waals surface area contributed by atoms with Gasteiger partial charge in [0, 0.05) is 18.5 Å². The van der Waals surface area contributed by atoms with Gasteiger partial charge in [0.05, 0.1) is 5.69 Å². The predicted octanol–water partition coefficient (Wildman–Crippen LogP) is 4.54. The third-order valence-corrected chi connectivity index (χ3v) is 5.22. The van der Waals surface area contributed by atoms with Gasteiger partial charge >= 0.3 is 6.03 Å². The van der Waals surface area contributed by atoms with Crippen LogP contribution in [0.2, 0.25) is 0 Å². The first-order valence-electron chi connectivity index (χ1n) is 8.84. The molecule has 4 nitrogen and oxygen atoms in total. The molecule has 26 heavy (non-hydrogen) atoms. The average molecular weight is 347 g/mol. The van der Waals surface area contributed by atoms with E-state index in [0.717, 1.165) is 41.5 Å². The summed E-state index contributed by atoms with van der Waals surface area (Å²) in [4.78, 5) is 15.1. The molecular formula is C21H18FN3O. The summed E-state index contributed by atoms with van der Waals surface area (Å²) in [5, 5.41) is 6.04. The molecule has 0 unspecified atom stereocenters. The van der Waals surface area contributed by atoms with Gasteiger partial charge in [-0.25, -0.2) is 9.18 Å². The van der Waals surface area contributed by atoms with Crippen LogP contribution in [0.4, 0.5) is 14.9 Å². The number of hydrogen-bond acceptors (Lipinski definition) is 2. The summed E-state index contributed by atoms with van der Waals surface area (Å²) in [7, 11) is 0. The molecule has 2 aliphatic rings. The van der Waals surface area contributed by atoms with Crippen LogP contribution in [0.25, 0.3) is 10.8 Å². The number of benzene rings is 3. The third-order valence-electron chi connectivity index (χ3n) is 5.22. The first-order chi connectivity index (χ1) is 12.7. The smallest absolute Gasteiger partial charge is 0.270 e. The van der Waals surface area contributed by atoms with Crippen LogP contribution in [0.3, 0.4) is 0 Å². The lowest BCUT2D eigenvalue weighted by Gasteiger charge is -2.28. The zero-order valence-corrected chi connectivity index (χ0v) is 14.2. The summed E-state index contributed by atoms with van der Waals surface area (Å²) in [6.45, 7) is 1.53. The monoisotopic (exact) mass is 347 g/mol. The molecule has 5 rings (SSSR count). The fourth-order valence-corrected chi connectivity index (χ4v) is 4.06. The number of fused-ring (bicyclic) bond motifs is 2. The summed E-state index contributed by atoms with van der Waals surface area (Å²) in [6, 6.07) is 20.5. The van der Waals surface area contributed by atoms with Gasteiger partial charge in [0.1, 0.15) is 12.0 Å². The van der Waals surface area contributed by atoms with Gasteiger partial charge in [-0.15, -0.1) is 0 Å². The van der Waals surface area contributed by atoms with Gasteiger partial charge in [-0.05, 0) is 35.6 Å². The van der Waals surface area contributed by atoms with Crippen LogP contribution in [-0.4, -0.2) is 29.1 Å². The quantitative estimate of drug-likeness (QED) is 0.680. The summed E-state index contributed by atoms with van der Waals surface area (Å²) >= 11 is 0. The number of urea groups is 1. The van der Waals surface area contributed by atoms with Gasteiger partial charge in [-0.2, -0.15) is 5.01 Å². The van der Waals surface area contributed by atoms with E-state index in [-0.39, 0.29) is 18.0 Å². The van der Waals surface area contributed by atoms with Crippen molar-refractivity contribution in [1.82, 2.24) is 10.0 Å². The van der Waals surface area contributed by atoms with Crippen molar-refractivity contribution in [2.45, 2.75) is 12.6 Å². The Hall–Kier alpha value is -2.92. The van der Waals surface area contributed by atoms with E-state index in [4.69, 9.17) is 0 Å². The van der Waals surface area contributed by atoms with E-state index in [0.29, 0.717) is 0 Å². The number of carbonyl (C=O) groups is 1. The average Bonchev–Trinajstić information content (AvgIpc) is 3.24. The van der Waals surface area contributed by atoms with Crippen LogP contribution in [0.15, 0.2) is 66.7 Å². The van der Waals surface area contributed by atoms with Crippen LogP contribution < -0.4 is 4.90 Å². The number of halogens is 1. The highest BCUT2D eigenvalue weighted by molar-refractivity contribution is 6.04. The van der Waals surface area contributed by atoms with E-state index in [9.17, 15) is 9.18 Å². The first kappa shape index (κ1) is 15.3. The standard InChI is InChI=1S/C21H18FN3O/c22-17-11-9-16(10-12-17)20-23-13-4-14-24(23)21(26)25(20)19-8-3-6-15-5-1-2-7-18(15)19/h1-3,5-12,20H,4,13-14H2/t20-/m0/s1. The minimum Gasteiger partial charge on any atom is -0.270 e. The summed E-state index contributed by atoms with van der Waals surface area (Å²) in [5.74, 6) is -0.270. The first-order valence-corrected chi connectivity index (χ1v) is 8.84. The second kappa shape index (κ2) is 5.81. The molecule has 2 heterocycles. The van der Waals surface area contributed by atoms with Crippen molar-refractivity contribution in [3.05, 3.63) is 78.1 Å². The van der Waals surface area contributed by atoms with Gasteiger partial charge in [0.2, 0.25) is 0 Å². The van der Waals surface area contributed by atoms with Crippen LogP contribution >= 0.6 is 0 Å². The van der Waals surface area contributed by atoms with Crippen molar-refractivity contribution in [3.8, 4) is 0 Å². The van der Waals surface area contributed by atoms with Crippen molar-refractivity contribution in [1.29, 1.82) is 0 Å². The van der Waals surface area contributed by atoms with E-state index < -0.39 is 0 Å². The molecule has 2 aliphatic heterocycles. The second-order valence-corrected chi connectivity index (χ2v) is 6.72. The van der Waals surface area contributed by atoms with Gasteiger partial charge < -0.3 is 0 Å². The maximum absolute atomic E-state index is 13.4. The summed E-state index contributed by atoms with van der Waals surface area (Å²) in [5.41, 5.74) is 1.80. The number of hydrogen-bond donors (Lipinski definition) is 0. The molecule has 0 aromatic heterocycles. The number of carbonyl (C=O) groups excluding carboxylic acids is 1. The fourth-order valence-electron chi connectivity index (χ4n) is 4.06. The number of amides is 2. The molecule has 2 amide bonds. The molecule has 0 aliphatic carbocycles. The van der Waals surface area contributed by atoms with Gasteiger partial charge in [-0.1, -0.05) is 48.5 Å². The highest BCUT2D eigenvalue weighted by Crippen LogP contribution is 2.42. The summed E-state index contributed by atoms with van der Waals surface area (Å²) < 4.78 is 13.4. The largest absolute Gasteiger partial charge is 0.340 e. The zero-order valence-electron chi connectivity index (χ0n) is 14.2. The third kappa shape index (κ3) is 2.21. The lowest BCUT2D eigenvalue weighted by molar-refractivity contribution is 0.0728. The molecule has 0 radical (unpaired) electrons. The van der Waals surface area contributed by atoms with E-state index in [1.165, 1.54) is 12.1 Å². The van der Waals surface area contributed by atoms with Crippen LogP contribution in [0.1, 0.15) is 18.2 Å². The molecule has 2 fully saturated rings. The zero-order chi connectivity index (χ0) is 17.7. The number of anilines is 1. The molecule has 5 heteroatoms. The Morgan fingerprint density at radius 1 is 0.885 bits per heavy atom. The highest BCUT2D eigenvalue weighted by atomic mass is 19.1. The van der Waals surface area contributed by atoms with Crippen molar-refractivity contribution in [2.24, 2.45) is 0 Å². The lowest BCUT2D eigenvalue weighted by Crippen LogP contribution is -2.32. The van der Waals surface area contributed by atoms with Gasteiger partial charge in [-0.3, -0.25) is 9.91 Å². The minimum absolute atomic E-state index is 0.0202. The van der Waals surface area contributed by atoms with Crippen molar-refractivity contribution < 1.29 is 9.18 Å². The molecular weight excluding hydrogens is 329 g/mol. The van der Waals surface area contributed by atoms with Crippen molar-refractivity contribution >= 4 is 22.5 Å². The normalized spacial score (nSPS) is 20.2. The Morgan fingerprint density at radius 3 is 2.50 bits per heavy atom. The van der Waals surface area contributed by atoms with E-state index >= 15 is 0 Å². The van der Waals surface area contributed by atoms with Crippen LogP contribution in [0, 0.1) is 5.82 Å². The number of hydrazine groups is 1. The molecule has 1 atom stereocenters. The molecule has 2 saturated heterocycles. The molecule has 0 bridgehead atoms. The minimum atomic E-state index is -0.270. The fraction of sp³-hybridized carbons (Fsp3) is 0.190. The van der Waals surface area contributed by atoms with Crippen molar-refractivity contribution in [3.63, 3.8) is 0 Å².